The molecule has 1 aliphatic rings. The summed E-state index contributed by atoms with van der Waals surface area (Å²) in [5, 5.41) is 12.6. The number of fused-ring (bicyclic) bond motifs is 3. The van der Waals surface area contributed by atoms with E-state index in [1.54, 1.807) is 12.1 Å². The molecule has 0 saturated carbocycles. The third kappa shape index (κ3) is 3.68. The number of benzene rings is 2. The van der Waals surface area contributed by atoms with Gasteiger partial charge in [0.2, 0.25) is 0 Å². The predicted octanol–water partition coefficient (Wildman–Crippen LogP) is 3.58. The Balaban J connectivity index is 0.000000162. The molecule has 2 heterocycles. The van der Waals surface area contributed by atoms with Crippen LogP contribution < -0.4 is 5.32 Å². The van der Waals surface area contributed by atoms with Crippen LogP contribution in [0.15, 0.2) is 36.4 Å². The van der Waals surface area contributed by atoms with Crippen LogP contribution in [-0.2, 0) is 0 Å². The molecule has 0 amide bonds. The molecule has 24 heavy (non-hydrogen) atoms. The monoisotopic (exact) mass is 340 g/mol. The first-order valence-corrected chi connectivity index (χ1v) is 7.47. The minimum atomic E-state index is -2.71. The van der Waals surface area contributed by atoms with Gasteiger partial charge in [-0.05, 0) is 36.4 Å². The Kier molecular flexibility index (Phi) is 4.47. The fourth-order valence-corrected chi connectivity index (χ4v) is 2.75. The van der Waals surface area contributed by atoms with Gasteiger partial charge in [0.15, 0.2) is 0 Å². The average Bonchev–Trinajstić information content (AvgIpc) is 2.84. The number of rotatable bonds is 0. The minimum Gasteiger partial charge on any atom is -0.392 e. The molecule has 0 bridgehead atoms. The number of H-pyrrole nitrogens is 1. The molecule has 128 valence electrons. The Morgan fingerprint density at radius 3 is 1.92 bits per heavy atom. The largest absolute Gasteiger partial charge is 0.392 e. The normalized spacial score (nSPS) is 20.0. The van der Waals surface area contributed by atoms with E-state index in [0.29, 0.717) is 10.8 Å². The van der Waals surface area contributed by atoms with Crippen molar-refractivity contribution >= 4 is 21.8 Å². The van der Waals surface area contributed by atoms with Crippen molar-refractivity contribution in [3.8, 4) is 0 Å². The van der Waals surface area contributed by atoms with Crippen LogP contribution in [0.2, 0.25) is 0 Å². The number of aromatic amines is 1. The average molecular weight is 340 g/mol. The van der Waals surface area contributed by atoms with E-state index in [4.69, 9.17) is 5.11 Å². The first-order chi connectivity index (χ1) is 11.3. The van der Waals surface area contributed by atoms with E-state index < -0.39 is 18.4 Å². The number of nitrogens with one attached hydrogen (secondary N) is 2. The molecule has 7 heteroatoms. The maximum absolute atomic E-state index is 13.0. The topological polar surface area (TPSA) is 48.0 Å². The van der Waals surface area contributed by atoms with Crippen LogP contribution in [0, 0.1) is 11.6 Å². The predicted molar refractivity (Wildman–Crippen MR) is 84.2 cm³/mol. The smallest absolute Gasteiger partial charge is 0.262 e. The lowest BCUT2D eigenvalue weighted by Gasteiger charge is -2.26. The van der Waals surface area contributed by atoms with E-state index in [-0.39, 0.29) is 24.7 Å². The molecule has 0 aliphatic carbocycles. The number of β-amino-alcohol motifs (C(OH)–C–C–N with tert-alkyl or cyclic N) is 1. The summed E-state index contributed by atoms with van der Waals surface area (Å²) in [5.41, 5.74) is 1.63. The number of hydrogen-bond donors (Lipinski definition) is 3. The van der Waals surface area contributed by atoms with Crippen molar-refractivity contribution in [1.29, 1.82) is 0 Å². The summed E-state index contributed by atoms with van der Waals surface area (Å²) in [5.74, 6) is -3.34. The highest BCUT2D eigenvalue weighted by Gasteiger charge is 2.35. The SMILES string of the molecule is Fc1ccc2[nH]c3ccc(F)cc3c2c1.OC1CNCC(F)(F)C1. The van der Waals surface area contributed by atoms with E-state index >= 15 is 0 Å². The summed E-state index contributed by atoms with van der Waals surface area (Å²) < 4.78 is 50.5. The molecule has 1 unspecified atom stereocenters. The molecule has 3 N–H and O–H groups in total. The van der Waals surface area contributed by atoms with Crippen LogP contribution >= 0.6 is 0 Å². The number of aliphatic hydroxyl groups excluding tert-OH is 1. The molecule has 3 aromatic rings. The Bertz CT molecular complexity index is 806. The summed E-state index contributed by atoms with van der Waals surface area (Å²) in [6.45, 7) is -0.0142. The third-order valence-electron chi connectivity index (χ3n) is 3.82. The van der Waals surface area contributed by atoms with Gasteiger partial charge in [-0.2, -0.15) is 0 Å². The molecule has 0 spiro atoms. The van der Waals surface area contributed by atoms with E-state index in [9.17, 15) is 17.6 Å². The summed E-state index contributed by atoms with van der Waals surface area (Å²) in [7, 11) is 0. The Morgan fingerprint density at radius 2 is 1.50 bits per heavy atom. The zero-order valence-electron chi connectivity index (χ0n) is 12.6. The van der Waals surface area contributed by atoms with Crippen molar-refractivity contribution in [2.45, 2.75) is 18.4 Å². The van der Waals surface area contributed by atoms with Crippen LogP contribution in [0.5, 0.6) is 0 Å². The molecule has 1 fully saturated rings. The lowest BCUT2D eigenvalue weighted by atomic mass is 10.1. The second-order valence-electron chi connectivity index (χ2n) is 5.85. The quantitative estimate of drug-likeness (QED) is 0.548. The van der Waals surface area contributed by atoms with Gasteiger partial charge in [0.1, 0.15) is 11.6 Å². The second kappa shape index (κ2) is 6.41. The number of halogens is 4. The van der Waals surface area contributed by atoms with Gasteiger partial charge < -0.3 is 15.4 Å². The van der Waals surface area contributed by atoms with Crippen LogP contribution in [0.3, 0.4) is 0 Å². The van der Waals surface area contributed by atoms with Gasteiger partial charge in [-0.25, -0.2) is 17.6 Å². The van der Waals surface area contributed by atoms with Crippen molar-refractivity contribution in [2.75, 3.05) is 13.1 Å². The molecule has 1 saturated heterocycles. The number of aromatic nitrogens is 1. The first kappa shape index (κ1) is 16.7. The van der Waals surface area contributed by atoms with Gasteiger partial charge in [0.25, 0.3) is 5.92 Å². The lowest BCUT2D eigenvalue weighted by Crippen LogP contribution is -2.46. The van der Waals surface area contributed by atoms with Gasteiger partial charge in [0.05, 0.1) is 12.6 Å². The van der Waals surface area contributed by atoms with Crippen molar-refractivity contribution < 1.29 is 22.7 Å². The highest BCUT2D eigenvalue weighted by molar-refractivity contribution is 6.07. The molecular formula is C17H16F4N2O. The highest BCUT2D eigenvalue weighted by atomic mass is 19.3. The zero-order chi connectivity index (χ0) is 17.3. The van der Waals surface area contributed by atoms with Gasteiger partial charge in [-0.3, -0.25) is 0 Å². The number of aliphatic hydroxyl groups is 1. The van der Waals surface area contributed by atoms with Crippen LogP contribution in [0.1, 0.15) is 6.42 Å². The van der Waals surface area contributed by atoms with Gasteiger partial charge >= 0.3 is 0 Å². The second-order valence-corrected chi connectivity index (χ2v) is 5.85. The van der Waals surface area contributed by atoms with Crippen molar-refractivity contribution in [2.24, 2.45) is 0 Å². The van der Waals surface area contributed by atoms with Crippen molar-refractivity contribution in [3.63, 3.8) is 0 Å². The molecular weight excluding hydrogens is 324 g/mol. The van der Waals surface area contributed by atoms with Gasteiger partial charge in [-0.1, -0.05) is 0 Å². The molecule has 1 atom stereocenters. The number of hydrogen-bond acceptors (Lipinski definition) is 2. The Hall–Kier alpha value is -2.12. The molecule has 3 nitrogen and oxygen atoms in total. The lowest BCUT2D eigenvalue weighted by molar-refractivity contribution is -0.0630. The summed E-state index contributed by atoms with van der Waals surface area (Å²) in [6.07, 6.45) is -1.28. The van der Waals surface area contributed by atoms with Crippen LogP contribution in [0.25, 0.3) is 21.8 Å². The molecule has 2 aromatic carbocycles. The fourth-order valence-electron chi connectivity index (χ4n) is 2.75. The Labute approximate surface area is 135 Å². The van der Waals surface area contributed by atoms with E-state index in [0.717, 1.165) is 11.0 Å². The molecule has 0 radical (unpaired) electrons. The fraction of sp³-hybridized carbons (Fsp3) is 0.294. The standard InChI is InChI=1S/C12H7F2N.C5H9F2NO/c13-7-1-3-11-9(5-7)10-6-8(14)2-4-12(10)15-11;6-5(7)1-4(9)2-8-3-5/h1-6,15H;4,8-9H,1-3H2. The van der Waals surface area contributed by atoms with E-state index in [2.05, 4.69) is 10.3 Å². The molecule has 1 aliphatic heterocycles. The molecule has 4 rings (SSSR count). The van der Waals surface area contributed by atoms with E-state index in [1.165, 1.54) is 24.3 Å². The maximum atomic E-state index is 13.0. The van der Waals surface area contributed by atoms with Gasteiger partial charge in [-0.15, -0.1) is 0 Å². The van der Waals surface area contributed by atoms with Crippen molar-refractivity contribution in [3.05, 3.63) is 48.0 Å². The summed E-state index contributed by atoms with van der Waals surface area (Å²) in [4.78, 5) is 3.10. The number of alkyl halides is 2. The minimum absolute atomic E-state index is 0.287. The zero-order valence-corrected chi connectivity index (χ0v) is 12.6. The third-order valence-corrected chi connectivity index (χ3v) is 3.82. The molecule has 1 aromatic heterocycles. The first-order valence-electron chi connectivity index (χ1n) is 7.47. The Morgan fingerprint density at radius 1 is 0.958 bits per heavy atom. The maximum Gasteiger partial charge on any atom is 0.262 e. The summed E-state index contributed by atoms with van der Waals surface area (Å²) in [6, 6.07) is 8.90. The van der Waals surface area contributed by atoms with E-state index in [1.807, 2.05) is 0 Å². The van der Waals surface area contributed by atoms with Crippen LogP contribution in [-0.4, -0.2) is 35.2 Å². The van der Waals surface area contributed by atoms with Crippen LogP contribution in [0.4, 0.5) is 17.6 Å². The highest BCUT2D eigenvalue weighted by Crippen LogP contribution is 2.26. The van der Waals surface area contributed by atoms with Crippen molar-refractivity contribution in [1.82, 2.24) is 10.3 Å². The van der Waals surface area contributed by atoms with Gasteiger partial charge in [0, 0.05) is 34.8 Å². The summed E-state index contributed by atoms with van der Waals surface area (Å²) >= 11 is 0. The number of piperidine rings is 1.